The van der Waals surface area contributed by atoms with E-state index in [0.29, 0.717) is 6.47 Å². The van der Waals surface area contributed by atoms with Gasteiger partial charge < -0.3 is 4.74 Å². The minimum atomic E-state index is -2.54. The van der Waals surface area contributed by atoms with Crippen molar-refractivity contribution in [2.75, 3.05) is 0 Å². The summed E-state index contributed by atoms with van der Waals surface area (Å²) >= 11 is 0. The summed E-state index contributed by atoms with van der Waals surface area (Å²) in [5, 5.41) is 0. The first-order valence-corrected chi connectivity index (χ1v) is 3.61. The number of hydrogen-bond acceptors (Lipinski definition) is 2. The van der Waals surface area contributed by atoms with Gasteiger partial charge in [0.1, 0.15) is 6.10 Å². The van der Waals surface area contributed by atoms with Crippen LogP contribution in [0.2, 0.25) is 0 Å². The molecule has 1 aliphatic carbocycles. The van der Waals surface area contributed by atoms with Gasteiger partial charge in [-0.25, -0.2) is 8.78 Å². The minimum absolute atomic E-state index is 0. The van der Waals surface area contributed by atoms with Crippen LogP contribution in [0.15, 0.2) is 0 Å². The van der Waals surface area contributed by atoms with Crippen LogP contribution in [0, 0.1) is 0 Å². The van der Waals surface area contributed by atoms with Crippen molar-refractivity contribution in [2.24, 2.45) is 0 Å². The molecule has 12 heavy (non-hydrogen) atoms. The second kappa shape index (κ2) is 4.83. The summed E-state index contributed by atoms with van der Waals surface area (Å²) in [5.74, 6) is -2.54. The number of ether oxygens (including phenoxy) is 1. The normalized spacial score (nSPS) is 22.5. The van der Waals surface area contributed by atoms with Crippen LogP contribution >= 0.6 is 0 Å². The van der Waals surface area contributed by atoms with Gasteiger partial charge in [-0.3, -0.25) is 4.79 Å². The van der Waals surface area contributed by atoms with E-state index in [4.69, 9.17) is 0 Å². The van der Waals surface area contributed by atoms with Crippen LogP contribution < -0.4 is 0 Å². The standard InChI is InChI=1S/C7H10F2O2.Li.H/c8-7(9)3-1-6(2-4-7)11-5-10;;/h5-6H,1-4H2;;. The van der Waals surface area contributed by atoms with Crippen molar-refractivity contribution in [3.05, 3.63) is 0 Å². The molecule has 1 saturated carbocycles. The molecule has 0 bridgehead atoms. The van der Waals surface area contributed by atoms with E-state index in [0.717, 1.165) is 0 Å². The summed E-state index contributed by atoms with van der Waals surface area (Å²) in [7, 11) is 0. The zero-order valence-corrected chi connectivity index (χ0v) is 6.06. The number of rotatable bonds is 2. The van der Waals surface area contributed by atoms with Gasteiger partial charge >= 0.3 is 18.9 Å². The van der Waals surface area contributed by atoms with E-state index < -0.39 is 5.92 Å². The molecule has 0 N–H and O–H groups in total. The maximum atomic E-state index is 12.5. The fourth-order valence-corrected chi connectivity index (χ4v) is 1.23. The third-order valence-electron chi connectivity index (χ3n) is 1.91. The molecule has 5 heteroatoms. The summed E-state index contributed by atoms with van der Waals surface area (Å²) < 4.78 is 29.5. The molecule has 0 spiro atoms. The monoisotopic (exact) mass is 172 g/mol. The van der Waals surface area contributed by atoms with E-state index in [1.54, 1.807) is 0 Å². The van der Waals surface area contributed by atoms with E-state index in [2.05, 4.69) is 4.74 Å². The van der Waals surface area contributed by atoms with Gasteiger partial charge in [-0.15, -0.1) is 0 Å². The van der Waals surface area contributed by atoms with Gasteiger partial charge in [0.25, 0.3) is 6.47 Å². The SMILES string of the molecule is O=COC1CCC(F)(F)CC1.[LiH]. The van der Waals surface area contributed by atoms with Crippen molar-refractivity contribution in [2.45, 2.75) is 37.7 Å². The molecule has 0 atom stereocenters. The molecule has 0 aromatic carbocycles. The van der Waals surface area contributed by atoms with E-state index >= 15 is 0 Å². The van der Waals surface area contributed by atoms with Gasteiger partial charge in [0.2, 0.25) is 5.92 Å². The zero-order chi connectivity index (χ0) is 8.32. The molecule has 0 radical (unpaired) electrons. The van der Waals surface area contributed by atoms with Crippen LogP contribution in [-0.2, 0) is 9.53 Å². The molecule has 0 saturated heterocycles. The van der Waals surface area contributed by atoms with Crippen molar-refractivity contribution in [1.29, 1.82) is 0 Å². The molecule has 66 valence electrons. The molecule has 0 unspecified atom stereocenters. The number of carbonyl (C=O) groups is 1. The van der Waals surface area contributed by atoms with Gasteiger partial charge in [0.15, 0.2) is 0 Å². The average molecular weight is 172 g/mol. The van der Waals surface area contributed by atoms with Crippen molar-refractivity contribution >= 4 is 25.3 Å². The Morgan fingerprint density at radius 1 is 1.33 bits per heavy atom. The fraction of sp³-hybridized carbons (Fsp3) is 0.857. The fourth-order valence-electron chi connectivity index (χ4n) is 1.23. The van der Waals surface area contributed by atoms with Crippen molar-refractivity contribution in [3.63, 3.8) is 0 Å². The van der Waals surface area contributed by atoms with E-state index in [1.165, 1.54) is 0 Å². The van der Waals surface area contributed by atoms with Crippen molar-refractivity contribution in [3.8, 4) is 0 Å². The topological polar surface area (TPSA) is 26.3 Å². The summed E-state index contributed by atoms with van der Waals surface area (Å²) in [6, 6.07) is 0. The number of carbonyl (C=O) groups excluding carboxylic acids is 1. The number of alkyl halides is 2. The first-order chi connectivity index (χ1) is 5.14. The molecule has 0 aromatic rings. The summed E-state index contributed by atoms with van der Waals surface area (Å²) in [6.45, 7) is 0.328. The second-order valence-electron chi connectivity index (χ2n) is 2.79. The van der Waals surface area contributed by atoms with Crippen LogP contribution in [0.25, 0.3) is 0 Å². The third-order valence-corrected chi connectivity index (χ3v) is 1.91. The van der Waals surface area contributed by atoms with Crippen molar-refractivity contribution < 1.29 is 18.3 Å². The molecule has 1 aliphatic rings. The van der Waals surface area contributed by atoms with Gasteiger partial charge in [-0.05, 0) is 12.8 Å². The predicted molar refractivity (Wildman–Crippen MR) is 41.5 cm³/mol. The van der Waals surface area contributed by atoms with Crippen LogP contribution in [0.3, 0.4) is 0 Å². The molecule has 1 fully saturated rings. The van der Waals surface area contributed by atoms with E-state index in [1.807, 2.05) is 0 Å². The molecule has 1 rings (SSSR count). The molecule has 0 amide bonds. The van der Waals surface area contributed by atoms with E-state index in [9.17, 15) is 13.6 Å². The number of halogens is 2. The van der Waals surface area contributed by atoms with Crippen LogP contribution in [0.5, 0.6) is 0 Å². The summed E-state index contributed by atoms with van der Waals surface area (Å²) in [4.78, 5) is 9.82. The van der Waals surface area contributed by atoms with Crippen molar-refractivity contribution in [1.82, 2.24) is 0 Å². The Morgan fingerprint density at radius 2 is 1.83 bits per heavy atom. The molecular formula is C7H11F2LiO2. The van der Waals surface area contributed by atoms with Crippen LogP contribution in [-0.4, -0.2) is 37.4 Å². The summed E-state index contributed by atoms with van der Waals surface area (Å²) in [6.07, 6.45) is -0.0405. The zero-order valence-electron chi connectivity index (χ0n) is 6.06. The first-order valence-electron chi connectivity index (χ1n) is 3.61. The molecule has 0 aliphatic heterocycles. The second-order valence-corrected chi connectivity index (χ2v) is 2.79. The third kappa shape index (κ3) is 3.55. The van der Waals surface area contributed by atoms with Gasteiger partial charge in [0, 0.05) is 12.8 Å². The Bertz CT molecular complexity index is 142. The predicted octanol–water partition coefficient (Wildman–Crippen LogP) is 1.09. The Balaban J connectivity index is 0.00000121. The molecule has 0 aromatic heterocycles. The Hall–Kier alpha value is -0.0726. The van der Waals surface area contributed by atoms with Gasteiger partial charge in [-0.2, -0.15) is 0 Å². The Morgan fingerprint density at radius 3 is 2.25 bits per heavy atom. The molecule has 0 heterocycles. The van der Waals surface area contributed by atoms with E-state index in [-0.39, 0.29) is 50.6 Å². The van der Waals surface area contributed by atoms with Gasteiger partial charge in [-0.1, -0.05) is 0 Å². The van der Waals surface area contributed by atoms with Gasteiger partial charge in [0.05, 0.1) is 0 Å². The number of hydrogen-bond donors (Lipinski definition) is 0. The molecule has 2 nitrogen and oxygen atoms in total. The summed E-state index contributed by atoms with van der Waals surface area (Å²) in [5.41, 5.74) is 0. The first kappa shape index (κ1) is 11.9. The maximum absolute atomic E-state index is 12.5. The Labute approximate surface area is 81.8 Å². The molecular weight excluding hydrogens is 161 g/mol. The van der Waals surface area contributed by atoms with Crippen LogP contribution in [0.4, 0.5) is 8.78 Å². The average Bonchev–Trinajstić information content (AvgIpc) is 1.94. The van der Waals surface area contributed by atoms with Crippen LogP contribution in [0.1, 0.15) is 25.7 Å². The quantitative estimate of drug-likeness (QED) is 0.460. The Kier molecular flexibility index (Phi) is 4.80.